The molecule has 2 fully saturated rings. The monoisotopic (exact) mass is 499 g/mol. The molecule has 2 aliphatic heterocycles. The zero-order valence-corrected chi connectivity index (χ0v) is 20.3. The van der Waals surface area contributed by atoms with Crippen molar-refractivity contribution >= 4 is 29.1 Å². The summed E-state index contributed by atoms with van der Waals surface area (Å²) in [4.78, 5) is 28.8. The van der Waals surface area contributed by atoms with Crippen LogP contribution in [0.2, 0.25) is 0 Å². The molecule has 2 heterocycles. The van der Waals surface area contributed by atoms with Gasteiger partial charge in [0.05, 0.1) is 31.6 Å². The number of nitrogens with zero attached hydrogens (tertiary/aromatic N) is 4. The minimum Gasteiger partial charge on any atom is -0.497 e. The first-order valence-electron chi connectivity index (χ1n) is 11.7. The lowest BCUT2D eigenvalue weighted by atomic mass is 10.1. The first-order valence-corrected chi connectivity index (χ1v) is 11.7. The Bertz CT molecular complexity index is 1120. The summed E-state index contributed by atoms with van der Waals surface area (Å²) in [5.74, 6) is 0.0969. The molecular formula is C25H30FN5O5. The maximum absolute atomic E-state index is 15.1. The largest absolute Gasteiger partial charge is 0.497 e. The Morgan fingerprint density at radius 1 is 1.19 bits per heavy atom. The molecule has 4 rings (SSSR count). The summed E-state index contributed by atoms with van der Waals surface area (Å²) in [7, 11) is 1.60. The number of piperazine rings is 1. The predicted octanol–water partition coefficient (Wildman–Crippen LogP) is 2.30. The highest BCUT2D eigenvalue weighted by atomic mass is 19.1. The van der Waals surface area contributed by atoms with Gasteiger partial charge in [0.1, 0.15) is 23.4 Å². The Morgan fingerprint density at radius 3 is 2.53 bits per heavy atom. The molecule has 0 unspecified atom stereocenters. The van der Waals surface area contributed by atoms with Gasteiger partial charge in [-0.05, 0) is 42.5 Å². The van der Waals surface area contributed by atoms with Crippen molar-refractivity contribution < 1.29 is 28.7 Å². The highest BCUT2D eigenvalue weighted by molar-refractivity contribution is 6.01. The number of halogens is 1. The fourth-order valence-corrected chi connectivity index (χ4v) is 4.34. The molecule has 0 aliphatic carbocycles. The molecule has 2 amide bonds. The third-order valence-corrected chi connectivity index (χ3v) is 6.33. The van der Waals surface area contributed by atoms with Gasteiger partial charge in [-0.2, -0.15) is 0 Å². The van der Waals surface area contributed by atoms with Gasteiger partial charge in [-0.1, -0.05) is 5.16 Å². The van der Waals surface area contributed by atoms with Gasteiger partial charge in [0, 0.05) is 45.2 Å². The van der Waals surface area contributed by atoms with Crippen LogP contribution in [0.25, 0.3) is 0 Å². The van der Waals surface area contributed by atoms with Crippen LogP contribution < -0.4 is 19.9 Å². The first kappa shape index (κ1) is 25.2. The number of carbonyl (C=O) groups is 2. The summed E-state index contributed by atoms with van der Waals surface area (Å²) in [5.41, 5.74) is 2.23. The van der Waals surface area contributed by atoms with E-state index in [4.69, 9.17) is 9.47 Å². The van der Waals surface area contributed by atoms with Gasteiger partial charge < -0.3 is 24.9 Å². The number of anilines is 2. The molecule has 11 heteroatoms. The molecule has 0 saturated carbocycles. The van der Waals surface area contributed by atoms with Crippen molar-refractivity contribution in [1.29, 1.82) is 0 Å². The summed E-state index contributed by atoms with van der Waals surface area (Å²) in [6, 6.07) is 12.0. The number of carbonyl (C=O) groups excluding carboxylic acids is 2. The number of hydrogen-bond donors (Lipinski definition) is 2. The summed E-state index contributed by atoms with van der Waals surface area (Å²) in [6.07, 6.45) is -1.05. The molecule has 10 nitrogen and oxygen atoms in total. The normalized spacial score (nSPS) is 18.8. The number of benzene rings is 2. The Labute approximate surface area is 208 Å². The summed E-state index contributed by atoms with van der Waals surface area (Å²) in [6.45, 7) is 4.84. The lowest BCUT2D eigenvalue weighted by Crippen LogP contribution is -2.48. The molecule has 36 heavy (non-hydrogen) atoms. The number of methoxy groups -OCH3 is 1. The van der Waals surface area contributed by atoms with E-state index in [0.29, 0.717) is 49.8 Å². The average molecular weight is 500 g/mol. The Kier molecular flexibility index (Phi) is 7.89. The maximum Gasteiger partial charge on any atom is 0.414 e. The van der Waals surface area contributed by atoms with E-state index in [0.717, 1.165) is 11.3 Å². The zero-order chi connectivity index (χ0) is 25.7. The lowest BCUT2D eigenvalue weighted by molar-refractivity contribution is -0.119. The number of ether oxygens (including phenoxy) is 2. The van der Waals surface area contributed by atoms with E-state index >= 15 is 4.39 Å². The SMILES string of the molecule is COc1ccc(/C(CN2CCN(c3ccc(N4C[C@H](CNC(C)=O)OC4=O)cc3F)CC2)=N\O)cc1. The van der Waals surface area contributed by atoms with Crippen molar-refractivity contribution in [2.45, 2.75) is 13.0 Å². The molecular weight excluding hydrogens is 469 g/mol. The van der Waals surface area contributed by atoms with Crippen molar-refractivity contribution in [2.24, 2.45) is 5.16 Å². The van der Waals surface area contributed by atoms with E-state index in [1.54, 1.807) is 19.2 Å². The Hall–Kier alpha value is -3.86. The van der Waals surface area contributed by atoms with Gasteiger partial charge in [0.2, 0.25) is 5.91 Å². The number of oxime groups is 1. The zero-order valence-electron chi connectivity index (χ0n) is 20.3. The maximum atomic E-state index is 15.1. The van der Waals surface area contributed by atoms with Gasteiger partial charge in [-0.15, -0.1) is 0 Å². The topological polar surface area (TPSA) is 107 Å². The molecule has 0 radical (unpaired) electrons. The summed E-state index contributed by atoms with van der Waals surface area (Å²) < 4.78 is 25.5. The van der Waals surface area contributed by atoms with E-state index in [1.807, 2.05) is 29.2 Å². The highest BCUT2D eigenvalue weighted by Gasteiger charge is 2.33. The lowest BCUT2D eigenvalue weighted by Gasteiger charge is -2.36. The fraction of sp³-hybridized carbons (Fsp3) is 0.400. The fourth-order valence-electron chi connectivity index (χ4n) is 4.34. The van der Waals surface area contributed by atoms with Gasteiger partial charge >= 0.3 is 6.09 Å². The smallest absolute Gasteiger partial charge is 0.414 e. The van der Waals surface area contributed by atoms with Crippen LogP contribution in [0.15, 0.2) is 47.6 Å². The third kappa shape index (κ3) is 5.85. The van der Waals surface area contributed by atoms with Crippen LogP contribution in [0.3, 0.4) is 0 Å². The third-order valence-electron chi connectivity index (χ3n) is 6.33. The molecule has 2 N–H and O–H groups in total. The minimum absolute atomic E-state index is 0.208. The number of hydrogen-bond acceptors (Lipinski definition) is 8. The minimum atomic E-state index is -0.565. The van der Waals surface area contributed by atoms with Gasteiger partial charge in [0.15, 0.2) is 0 Å². The van der Waals surface area contributed by atoms with E-state index in [1.165, 1.54) is 17.9 Å². The van der Waals surface area contributed by atoms with Crippen LogP contribution in [0.1, 0.15) is 12.5 Å². The van der Waals surface area contributed by atoms with Crippen LogP contribution in [0.5, 0.6) is 5.75 Å². The molecule has 2 aromatic rings. The summed E-state index contributed by atoms with van der Waals surface area (Å²) in [5, 5.41) is 15.6. The Morgan fingerprint density at radius 2 is 1.92 bits per heavy atom. The second-order valence-corrected chi connectivity index (χ2v) is 8.73. The molecule has 0 aromatic heterocycles. The van der Waals surface area contributed by atoms with Crippen molar-refractivity contribution in [3.63, 3.8) is 0 Å². The first-order chi connectivity index (χ1) is 17.4. The van der Waals surface area contributed by atoms with E-state index in [2.05, 4.69) is 15.4 Å². The second-order valence-electron chi connectivity index (χ2n) is 8.73. The van der Waals surface area contributed by atoms with Crippen LogP contribution >= 0.6 is 0 Å². The highest BCUT2D eigenvalue weighted by Crippen LogP contribution is 2.28. The number of nitrogens with one attached hydrogen (secondary N) is 1. The molecule has 2 aromatic carbocycles. The quantitative estimate of drug-likeness (QED) is 0.326. The molecule has 2 aliphatic rings. The molecule has 1 atom stereocenters. The molecule has 2 saturated heterocycles. The van der Waals surface area contributed by atoms with Crippen LogP contribution in [0.4, 0.5) is 20.6 Å². The van der Waals surface area contributed by atoms with E-state index < -0.39 is 18.0 Å². The molecule has 192 valence electrons. The van der Waals surface area contributed by atoms with Crippen molar-refractivity contribution in [1.82, 2.24) is 10.2 Å². The van der Waals surface area contributed by atoms with Crippen molar-refractivity contribution in [3.8, 4) is 5.75 Å². The number of cyclic esters (lactones) is 1. The van der Waals surface area contributed by atoms with Gasteiger partial charge in [-0.25, -0.2) is 9.18 Å². The van der Waals surface area contributed by atoms with Crippen molar-refractivity contribution in [2.75, 3.05) is 62.7 Å². The number of amides is 2. The Balaban J connectivity index is 1.33. The molecule has 0 spiro atoms. The van der Waals surface area contributed by atoms with Crippen LogP contribution in [0, 0.1) is 5.82 Å². The van der Waals surface area contributed by atoms with Crippen molar-refractivity contribution in [3.05, 3.63) is 53.8 Å². The molecule has 0 bridgehead atoms. The van der Waals surface area contributed by atoms with Crippen LogP contribution in [-0.4, -0.2) is 86.8 Å². The van der Waals surface area contributed by atoms with E-state index in [-0.39, 0.29) is 19.0 Å². The van der Waals surface area contributed by atoms with Gasteiger partial charge in [-0.3, -0.25) is 14.6 Å². The standard InChI is InChI=1S/C25H30FN5O5/c1-17(32)27-14-21-15-31(25(33)36-21)19-5-8-24(22(26)13-19)30-11-9-29(10-12-30)16-23(28-34)18-3-6-20(35-2)7-4-18/h3-8,13,21,34H,9-12,14-16H2,1-2H3,(H,27,32)/b28-23-/t21-/m0/s1. The predicted molar refractivity (Wildman–Crippen MR) is 133 cm³/mol. The average Bonchev–Trinajstić information content (AvgIpc) is 3.27. The second kappa shape index (κ2) is 11.3. The van der Waals surface area contributed by atoms with E-state index in [9.17, 15) is 14.8 Å². The van der Waals surface area contributed by atoms with Crippen LogP contribution in [-0.2, 0) is 9.53 Å². The number of rotatable bonds is 8. The van der Waals surface area contributed by atoms with Gasteiger partial charge in [0.25, 0.3) is 0 Å². The summed E-state index contributed by atoms with van der Waals surface area (Å²) >= 11 is 0.